The van der Waals surface area contributed by atoms with Gasteiger partial charge in [0.05, 0.1) is 6.61 Å². The number of aryl methyl sites for hydroxylation is 2. The number of aromatic nitrogens is 1. The Hall–Kier alpha value is -1.13. The van der Waals surface area contributed by atoms with Gasteiger partial charge in [-0.3, -0.25) is 0 Å². The molecule has 1 aromatic rings. The molecule has 0 aliphatic carbocycles. The monoisotopic (exact) mass is 263 g/mol. The van der Waals surface area contributed by atoms with E-state index in [1.165, 1.54) is 36.9 Å². The Morgan fingerprint density at radius 1 is 1.21 bits per heavy atom. The average molecular weight is 263 g/mol. The van der Waals surface area contributed by atoms with Crippen LogP contribution in [-0.4, -0.2) is 36.3 Å². The van der Waals surface area contributed by atoms with E-state index < -0.39 is 0 Å². The van der Waals surface area contributed by atoms with E-state index in [1.54, 1.807) is 0 Å². The summed E-state index contributed by atoms with van der Waals surface area (Å²) in [6, 6.07) is 4.41. The predicted octanol–water partition coefficient (Wildman–Crippen LogP) is 1.73. The summed E-state index contributed by atoms with van der Waals surface area (Å²) < 4.78 is 0. The van der Waals surface area contributed by atoms with E-state index in [9.17, 15) is 0 Å². The molecule has 3 N–H and O–H groups in total. The van der Waals surface area contributed by atoms with Gasteiger partial charge in [-0.05, 0) is 50.3 Å². The molecule has 0 amide bonds. The number of nitrogens with one attached hydrogen (secondary N) is 2. The molecule has 0 saturated carbocycles. The van der Waals surface area contributed by atoms with Crippen molar-refractivity contribution in [3.8, 4) is 0 Å². The van der Waals surface area contributed by atoms with E-state index in [-0.39, 0.29) is 6.61 Å². The van der Waals surface area contributed by atoms with Gasteiger partial charge in [-0.15, -0.1) is 0 Å². The van der Waals surface area contributed by atoms with Crippen molar-refractivity contribution in [3.05, 3.63) is 23.4 Å². The quantitative estimate of drug-likeness (QED) is 0.625. The van der Waals surface area contributed by atoms with Crippen LogP contribution < -0.4 is 10.6 Å². The lowest BCUT2D eigenvalue weighted by Crippen LogP contribution is -2.19. The Labute approximate surface area is 115 Å². The Morgan fingerprint density at radius 3 is 3.05 bits per heavy atom. The minimum absolute atomic E-state index is 0.228. The van der Waals surface area contributed by atoms with Crippen molar-refractivity contribution in [3.63, 3.8) is 0 Å². The van der Waals surface area contributed by atoms with Gasteiger partial charge in [0.25, 0.3) is 0 Å². The normalized spacial score (nSPS) is 13.9. The first-order valence-electron chi connectivity index (χ1n) is 7.44. The maximum absolute atomic E-state index is 8.64. The zero-order valence-electron chi connectivity index (χ0n) is 11.6. The van der Waals surface area contributed by atoms with Crippen LogP contribution in [0.25, 0.3) is 0 Å². The SMILES string of the molecule is OCCNCCCCCc1ccc2c(n1)NCCC2. The molecular weight excluding hydrogens is 238 g/mol. The highest BCUT2D eigenvalue weighted by atomic mass is 16.3. The van der Waals surface area contributed by atoms with Gasteiger partial charge >= 0.3 is 0 Å². The van der Waals surface area contributed by atoms with Crippen LogP contribution in [0.3, 0.4) is 0 Å². The Balaban J connectivity index is 1.66. The predicted molar refractivity (Wildman–Crippen MR) is 78.6 cm³/mol. The van der Waals surface area contributed by atoms with Crippen molar-refractivity contribution in [2.75, 3.05) is 31.6 Å². The van der Waals surface area contributed by atoms with Crippen molar-refractivity contribution in [1.82, 2.24) is 10.3 Å². The molecule has 0 fully saturated rings. The number of rotatable bonds is 8. The number of nitrogens with zero attached hydrogens (tertiary/aromatic N) is 1. The first kappa shape index (κ1) is 14.3. The fourth-order valence-electron chi connectivity index (χ4n) is 2.45. The molecule has 4 heteroatoms. The highest BCUT2D eigenvalue weighted by Gasteiger charge is 2.09. The summed E-state index contributed by atoms with van der Waals surface area (Å²) in [5.74, 6) is 1.10. The number of aliphatic hydroxyl groups excluding tert-OH is 1. The maximum Gasteiger partial charge on any atom is 0.129 e. The molecule has 1 aromatic heterocycles. The molecule has 0 bridgehead atoms. The lowest BCUT2D eigenvalue weighted by Gasteiger charge is -2.17. The zero-order valence-corrected chi connectivity index (χ0v) is 11.6. The molecule has 1 aliphatic heterocycles. The third-order valence-electron chi connectivity index (χ3n) is 3.53. The van der Waals surface area contributed by atoms with Gasteiger partial charge in [-0.2, -0.15) is 0 Å². The van der Waals surface area contributed by atoms with Crippen LogP contribution in [0.4, 0.5) is 5.82 Å². The van der Waals surface area contributed by atoms with Crippen LogP contribution in [-0.2, 0) is 12.8 Å². The number of fused-ring (bicyclic) bond motifs is 1. The summed E-state index contributed by atoms with van der Waals surface area (Å²) in [7, 11) is 0. The first-order chi connectivity index (χ1) is 9.40. The number of anilines is 1. The van der Waals surface area contributed by atoms with Crippen LogP contribution in [0, 0.1) is 0 Å². The number of hydrogen-bond acceptors (Lipinski definition) is 4. The molecular formula is C15H25N3O. The van der Waals surface area contributed by atoms with Crippen LogP contribution in [0.15, 0.2) is 12.1 Å². The number of hydrogen-bond donors (Lipinski definition) is 3. The maximum atomic E-state index is 8.64. The lowest BCUT2D eigenvalue weighted by atomic mass is 10.1. The van der Waals surface area contributed by atoms with Crippen LogP contribution in [0.5, 0.6) is 0 Å². The summed E-state index contributed by atoms with van der Waals surface area (Å²) in [4.78, 5) is 4.70. The highest BCUT2D eigenvalue weighted by Crippen LogP contribution is 2.20. The van der Waals surface area contributed by atoms with Crippen molar-refractivity contribution >= 4 is 5.82 Å². The first-order valence-corrected chi connectivity index (χ1v) is 7.44. The molecule has 0 radical (unpaired) electrons. The van der Waals surface area contributed by atoms with Gasteiger partial charge in [0.15, 0.2) is 0 Å². The summed E-state index contributed by atoms with van der Waals surface area (Å²) >= 11 is 0. The van der Waals surface area contributed by atoms with Gasteiger partial charge in [0.1, 0.15) is 5.82 Å². The fourth-order valence-corrected chi connectivity index (χ4v) is 2.45. The molecule has 1 aliphatic rings. The fraction of sp³-hybridized carbons (Fsp3) is 0.667. The number of pyridine rings is 1. The van der Waals surface area contributed by atoms with Crippen molar-refractivity contribution in [2.24, 2.45) is 0 Å². The van der Waals surface area contributed by atoms with Crippen LogP contribution in [0.2, 0.25) is 0 Å². The van der Waals surface area contributed by atoms with Crippen LogP contribution >= 0.6 is 0 Å². The smallest absolute Gasteiger partial charge is 0.129 e. The topological polar surface area (TPSA) is 57.2 Å². The van der Waals surface area contributed by atoms with Crippen molar-refractivity contribution < 1.29 is 5.11 Å². The second-order valence-electron chi connectivity index (χ2n) is 5.12. The molecule has 0 unspecified atom stereocenters. The van der Waals surface area contributed by atoms with Gasteiger partial charge < -0.3 is 15.7 Å². The second-order valence-corrected chi connectivity index (χ2v) is 5.12. The molecule has 0 saturated heterocycles. The van der Waals surface area contributed by atoms with Gasteiger partial charge in [0, 0.05) is 18.8 Å². The summed E-state index contributed by atoms with van der Waals surface area (Å²) in [5, 5.41) is 15.2. The van der Waals surface area contributed by atoms with Gasteiger partial charge in [-0.1, -0.05) is 12.5 Å². The molecule has 4 nitrogen and oxygen atoms in total. The van der Waals surface area contributed by atoms with E-state index in [2.05, 4.69) is 22.8 Å². The summed E-state index contributed by atoms with van der Waals surface area (Å²) in [6.45, 7) is 2.99. The molecule has 0 atom stereocenters. The Bertz CT molecular complexity index is 382. The largest absolute Gasteiger partial charge is 0.395 e. The van der Waals surface area contributed by atoms with E-state index in [1.807, 2.05) is 0 Å². The molecule has 106 valence electrons. The van der Waals surface area contributed by atoms with E-state index in [0.717, 1.165) is 31.7 Å². The lowest BCUT2D eigenvalue weighted by molar-refractivity contribution is 0.292. The molecule has 0 aromatic carbocycles. The van der Waals surface area contributed by atoms with Gasteiger partial charge in [0.2, 0.25) is 0 Å². The third kappa shape index (κ3) is 4.80. The molecule has 2 heterocycles. The van der Waals surface area contributed by atoms with Crippen LogP contribution in [0.1, 0.15) is 36.9 Å². The summed E-state index contributed by atoms with van der Waals surface area (Å²) in [5.41, 5.74) is 2.57. The van der Waals surface area contributed by atoms with Crippen molar-refractivity contribution in [1.29, 1.82) is 0 Å². The third-order valence-corrected chi connectivity index (χ3v) is 3.53. The van der Waals surface area contributed by atoms with Crippen molar-refractivity contribution in [2.45, 2.75) is 38.5 Å². The van der Waals surface area contributed by atoms with E-state index >= 15 is 0 Å². The standard InChI is InChI=1S/C15H25N3O/c19-12-11-16-9-3-1-2-6-14-8-7-13-5-4-10-17-15(13)18-14/h7-8,16,19H,1-6,9-12H2,(H,17,18). The average Bonchev–Trinajstić information content (AvgIpc) is 2.46. The number of unbranched alkanes of at least 4 members (excludes halogenated alkanes) is 2. The second kappa shape index (κ2) is 8.12. The minimum atomic E-state index is 0.228. The highest BCUT2D eigenvalue weighted by molar-refractivity contribution is 5.46. The van der Waals surface area contributed by atoms with Gasteiger partial charge in [-0.25, -0.2) is 4.98 Å². The number of aliphatic hydroxyl groups is 1. The molecule has 0 spiro atoms. The zero-order chi connectivity index (χ0) is 13.3. The Morgan fingerprint density at radius 2 is 2.16 bits per heavy atom. The minimum Gasteiger partial charge on any atom is -0.395 e. The molecule has 2 rings (SSSR count). The Kier molecular flexibility index (Phi) is 6.11. The van der Waals surface area contributed by atoms with E-state index in [0.29, 0.717) is 6.54 Å². The molecule has 19 heavy (non-hydrogen) atoms. The van der Waals surface area contributed by atoms with E-state index in [4.69, 9.17) is 10.1 Å². The summed E-state index contributed by atoms with van der Waals surface area (Å²) in [6.07, 6.45) is 7.01.